The van der Waals surface area contributed by atoms with E-state index < -0.39 is 10.0 Å². The molecule has 0 aliphatic carbocycles. The molecule has 1 aromatic rings. The molecule has 0 unspecified atom stereocenters. The van der Waals surface area contributed by atoms with Gasteiger partial charge in [0.15, 0.2) is 0 Å². The minimum absolute atomic E-state index is 0.218. The molecule has 0 aromatic heterocycles. The Hall–Kier alpha value is -1.31. The van der Waals surface area contributed by atoms with E-state index in [9.17, 15) is 8.42 Å². The molecule has 1 aliphatic heterocycles. The Morgan fingerprint density at radius 3 is 3.11 bits per heavy atom. The Bertz CT molecular complexity index is 516. The number of fused-ring (bicyclic) bond motifs is 1. The van der Waals surface area contributed by atoms with Crippen molar-refractivity contribution in [2.75, 3.05) is 38.7 Å². The largest absolute Gasteiger partial charge is 0.490 e. The van der Waals surface area contributed by atoms with Gasteiger partial charge in [-0.15, -0.1) is 0 Å². The van der Waals surface area contributed by atoms with Crippen molar-refractivity contribution in [2.24, 2.45) is 0 Å². The Morgan fingerprint density at radius 1 is 1.50 bits per heavy atom. The Morgan fingerprint density at radius 2 is 2.33 bits per heavy atom. The maximum atomic E-state index is 12.0. The maximum absolute atomic E-state index is 12.0. The topological polar surface area (TPSA) is 76.7 Å². The minimum atomic E-state index is -3.49. The number of benzene rings is 1. The van der Waals surface area contributed by atoms with Crippen molar-refractivity contribution in [3.63, 3.8) is 0 Å². The quantitative estimate of drug-likeness (QED) is 0.760. The van der Waals surface area contributed by atoms with Gasteiger partial charge in [-0.3, -0.25) is 0 Å². The molecule has 0 amide bonds. The second kappa shape index (κ2) is 5.55. The summed E-state index contributed by atoms with van der Waals surface area (Å²) in [5, 5.41) is 3.10. The van der Waals surface area contributed by atoms with E-state index in [-0.39, 0.29) is 11.4 Å². The lowest BCUT2D eigenvalue weighted by molar-refractivity contribution is 0.204. The van der Waals surface area contributed by atoms with Crippen molar-refractivity contribution in [1.82, 2.24) is 4.72 Å². The van der Waals surface area contributed by atoms with Gasteiger partial charge in [0.25, 0.3) is 0 Å². The molecule has 1 aromatic carbocycles. The summed E-state index contributed by atoms with van der Waals surface area (Å²) in [5.74, 6) is 0.678. The van der Waals surface area contributed by atoms with Crippen molar-refractivity contribution >= 4 is 15.7 Å². The fourth-order valence-corrected chi connectivity index (χ4v) is 2.69. The zero-order valence-corrected chi connectivity index (χ0v) is 10.9. The molecule has 2 N–H and O–H groups in total. The molecule has 0 bridgehead atoms. The van der Waals surface area contributed by atoms with Crippen molar-refractivity contribution < 1.29 is 17.9 Å². The third kappa shape index (κ3) is 2.92. The third-order valence-electron chi connectivity index (χ3n) is 2.53. The van der Waals surface area contributed by atoms with Crippen LogP contribution in [0.2, 0.25) is 0 Å². The van der Waals surface area contributed by atoms with E-state index in [0.717, 1.165) is 0 Å². The Kier molecular flexibility index (Phi) is 4.05. The zero-order valence-electron chi connectivity index (χ0n) is 10.1. The normalized spacial score (nSPS) is 14.5. The lowest BCUT2D eigenvalue weighted by Crippen LogP contribution is -2.27. The first-order valence-corrected chi connectivity index (χ1v) is 7.11. The van der Waals surface area contributed by atoms with E-state index in [1.807, 2.05) is 0 Å². The van der Waals surface area contributed by atoms with Crippen LogP contribution in [-0.4, -0.2) is 41.8 Å². The molecule has 0 saturated carbocycles. The predicted molar refractivity (Wildman–Crippen MR) is 67.5 cm³/mol. The van der Waals surface area contributed by atoms with Gasteiger partial charge in [0.2, 0.25) is 10.0 Å². The van der Waals surface area contributed by atoms with Crippen LogP contribution in [0.4, 0.5) is 5.69 Å². The zero-order chi connectivity index (χ0) is 13.0. The van der Waals surface area contributed by atoms with E-state index >= 15 is 0 Å². The van der Waals surface area contributed by atoms with Crippen LogP contribution in [0, 0.1) is 0 Å². The van der Waals surface area contributed by atoms with Crippen LogP contribution in [0.3, 0.4) is 0 Å². The highest BCUT2D eigenvalue weighted by Crippen LogP contribution is 2.29. The molecule has 0 radical (unpaired) electrons. The van der Waals surface area contributed by atoms with Crippen LogP contribution in [0.15, 0.2) is 23.1 Å². The number of hydrogen-bond acceptors (Lipinski definition) is 5. The molecule has 6 nitrogen and oxygen atoms in total. The van der Waals surface area contributed by atoms with Crippen LogP contribution in [-0.2, 0) is 14.8 Å². The Balaban J connectivity index is 2.17. The fourth-order valence-electron chi connectivity index (χ4n) is 1.65. The molecule has 0 spiro atoms. The van der Waals surface area contributed by atoms with E-state index in [1.165, 1.54) is 13.2 Å². The number of sulfonamides is 1. The summed E-state index contributed by atoms with van der Waals surface area (Å²) in [6.07, 6.45) is 0. The van der Waals surface area contributed by atoms with E-state index in [0.29, 0.717) is 31.2 Å². The molecule has 0 saturated heterocycles. The summed E-state index contributed by atoms with van der Waals surface area (Å²) in [6, 6.07) is 4.76. The highest BCUT2D eigenvalue weighted by atomic mass is 32.2. The summed E-state index contributed by atoms with van der Waals surface area (Å²) >= 11 is 0. The fraction of sp³-hybridized carbons (Fsp3) is 0.455. The lowest BCUT2D eigenvalue weighted by Gasteiger charge is -2.19. The second-order valence-corrected chi connectivity index (χ2v) is 5.59. The number of methoxy groups -OCH3 is 1. The summed E-state index contributed by atoms with van der Waals surface area (Å²) in [4.78, 5) is 0.218. The number of ether oxygens (including phenoxy) is 2. The standard InChI is InChI=1S/C11H16N2O4S/c1-16-6-5-13-18(14,15)9-2-3-11-10(8-9)12-4-7-17-11/h2-3,8,12-13H,4-7H2,1H3. The number of nitrogens with one attached hydrogen (secondary N) is 2. The molecular weight excluding hydrogens is 256 g/mol. The molecule has 1 heterocycles. The highest BCUT2D eigenvalue weighted by Gasteiger charge is 2.17. The maximum Gasteiger partial charge on any atom is 0.240 e. The van der Waals surface area contributed by atoms with E-state index in [4.69, 9.17) is 9.47 Å². The summed E-state index contributed by atoms with van der Waals surface area (Å²) in [5.41, 5.74) is 0.705. The molecule has 18 heavy (non-hydrogen) atoms. The monoisotopic (exact) mass is 272 g/mol. The van der Waals surface area contributed by atoms with Crippen LogP contribution >= 0.6 is 0 Å². The molecule has 2 rings (SSSR count). The van der Waals surface area contributed by atoms with Crippen LogP contribution < -0.4 is 14.8 Å². The molecule has 0 fully saturated rings. The van der Waals surface area contributed by atoms with Gasteiger partial charge in [0.1, 0.15) is 12.4 Å². The van der Waals surface area contributed by atoms with Gasteiger partial charge >= 0.3 is 0 Å². The van der Waals surface area contributed by atoms with Crippen molar-refractivity contribution in [1.29, 1.82) is 0 Å². The van der Waals surface area contributed by atoms with Crippen LogP contribution in [0.1, 0.15) is 0 Å². The van der Waals surface area contributed by atoms with E-state index in [2.05, 4.69) is 10.0 Å². The van der Waals surface area contributed by atoms with Crippen molar-refractivity contribution in [2.45, 2.75) is 4.90 Å². The minimum Gasteiger partial charge on any atom is -0.490 e. The van der Waals surface area contributed by atoms with Crippen LogP contribution in [0.25, 0.3) is 0 Å². The average Bonchev–Trinajstić information content (AvgIpc) is 2.38. The summed E-state index contributed by atoms with van der Waals surface area (Å²) in [7, 11) is -1.97. The number of rotatable bonds is 5. The number of anilines is 1. The summed E-state index contributed by atoms with van der Waals surface area (Å²) < 4.78 is 36.6. The molecule has 1 aliphatic rings. The SMILES string of the molecule is COCCNS(=O)(=O)c1ccc2c(c1)NCCO2. The Labute approximate surface area is 106 Å². The van der Waals surface area contributed by atoms with Gasteiger partial charge in [-0.25, -0.2) is 13.1 Å². The van der Waals surface area contributed by atoms with Gasteiger partial charge in [-0.05, 0) is 18.2 Å². The van der Waals surface area contributed by atoms with Crippen molar-refractivity contribution in [3.05, 3.63) is 18.2 Å². The van der Waals surface area contributed by atoms with Gasteiger partial charge in [-0.1, -0.05) is 0 Å². The highest BCUT2D eigenvalue weighted by molar-refractivity contribution is 7.89. The van der Waals surface area contributed by atoms with Crippen molar-refractivity contribution in [3.8, 4) is 5.75 Å². The van der Waals surface area contributed by atoms with Crippen LogP contribution in [0.5, 0.6) is 5.75 Å². The molecular formula is C11H16N2O4S. The van der Waals surface area contributed by atoms with Gasteiger partial charge in [-0.2, -0.15) is 0 Å². The average molecular weight is 272 g/mol. The number of hydrogen-bond donors (Lipinski definition) is 2. The van der Waals surface area contributed by atoms with E-state index in [1.54, 1.807) is 12.1 Å². The first-order valence-electron chi connectivity index (χ1n) is 5.63. The smallest absolute Gasteiger partial charge is 0.240 e. The molecule has 0 atom stereocenters. The van der Waals surface area contributed by atoms with Gasteiger partial charge in [0, 0.05) is 20.2 Å². The molecule has 7 heteroatoms. The second-order valence-electron chi connectivity index (χ2n) is 3.82. The first-order chi connectivity index (χ1) is 8.63. The lowest BCUT2D eigenvalue weighted by atomic mass is 10.2. The third-order valence-corrected chi connectivity index (χ3v) is 3.99. The van der Waals surface area contributed by atoms with Gasteiger partial charge in [0.05, 0.1) is 17.2 Å². The molecule has 100 valence electrons. The first kappa shape index (κ1) is 13.1. The predicted octanol–water partition coefficient (Wildman–Crippen LogP) is 0.416. The van der Waals surface area contributed by atoms with Gasteiger partial charge < -0.3 is 14.8 Å². The summed E-state index contributed by atoms with van der Waals surface area (Å²) in [6.45, 7) is 1.85.